The van der Waals surface area contributed by atoms with E-state index >= 15 is 0 Å². The molecular weight excluding hydrogens is 252 g/mol. The molecule has 2 rings (SSSR count). The van der Waals surface area contributed by atoms with Crippen LogP contribution in [0.3, 0.4) is 0 Å². The first kappa shape index (κ1) is 16.0. The Morgan fingerprint density at radius 2 is 1.90 bits per heavy atom. The SMILES string of the molecule is CC(C)C[C@H](O)CC(=O)[C@@]1(O)C[C@H]2CC[C@]1(C)C2(C)C. The van der Waals surface area contributed by atoms with Gasteiger partial charge < -0.3 is 10.2 Å². The van der Waals surface area contributed by atoms with Crippen molar-refractivity contribution < 1.29 is 15.0 Å². The van der Waals surface area contributed by atoms with Crippen LogP contribution in [-0.2, 0) is 4.79 Å². The van der Waals surface area contributed by atoms with E-state index in [-0.39, 0.29) is 23.0 Å². The van der Waals surface area contributed by atoms with E-state index in [4.69, 9.17) is 0 Å². The largest absolute Gasteiger partial charge is 0.393 e. The standard InChI is InChI=1S/C17H30O3/c1-11(2)8-13(18)9-14(19)17(20)10-12-6-7-16(17,5)15(12,3)4/h11-13,18,20H,6-10H2,1-5H3/t12-,13+,16-,17+/m1/s1. The van der Waals surface area contributed by atoms with E-state index in [1.807, 2.05) is 13.8 Å². The quantitative estimate of drug-likeness (QED) is 0.815. The van der Waals surface area contributed by atoms with Gasteiger partial charge in [-0.05, 0) is 42.9 Å². The van der Waals surface area contributed by atoms with Gasteiger partial charge in [-0.1, -0.05) is 34.6 Å². The molecule has 0 unspecified atom stereocenters. The molecule has 2 aliphatic carbocycles. The van der Waals surface area contributed by atoms with Crippen LogP contribution in [0.1, 0.15) is 66.7 Å². The number of rotatable bonds is 5. The Kier molecular flexibility index (Phi) is 3.84. The molecule has 2 fully saturated rings. The Balaban J connectivity index is 2.15. The van der Waals surface area contributed by atoms with Gasteiger partial charge >= 0.3 is 0 Å². The number of aliphatic hydroxyl groups excluding tert-OH is 1. The highest BCUT2D eigenvalue weighted by Crippen LogP contribution is 2.69. The molecule has 0 heterocycles. The van der Waals surface area contributed by atoms with Gasteiger partial charge in [-0.25, -0.2) is 0 Å². The Bertz CT molecular complexity index is 401. The van der Waals surface area contributed by atoms with Gasteiger partial charge in [-0.3, -0.25) is 4.79 Å². The Morgan fingerprint density at radius 1 is 1.30 bits per heavy atom. The third kappa shape index (κ3) is 2.05. The molecule has 4 atom stereocenters. The van der Waals surface area contributed by atoms with Gasteiger partial charge in [-0.2, -0.15) is 0 Å². The lowest BCUT2D eigenvalue weighted by atomic mass is 9.62. The summed E-state index contributed by atoms with van der Waals surface area (Å²) >= 11 is 0. The fraction of sp³-hybridized carbons (Fsp3) is 0.941. The first-order valence-electron chi connectivity index (χ1n) is 7.98. The maximum absolute atomic E-state index is 12.6. The first-order chi connectivity index (χ1) is 9.04. The van der Waals surface area contributed by atoms with E-state index in [0.29, 0.717) is 24.7 Å². The van der Waals surface area contributed by atoms with Crippen LogP contribution < -0.4 is 0 Å². The van der Waals surface area contributed by atoms with Crippen LogP contribution in [0, 0.1) is 22.7 Å². The highest BCUT2D eigenvalue weighted by atomic mass is 16.3. The fourth-order valence-corrected chi connectivity index (χ4v) is 4.71. The molecule has 0 aromatic carbocycles. The van der Waals surface area contributed by atoms with Gasteiger partial charge in [0.1, 0.15) is 5.60 Å². The maximum atomic E-state index is 12.6. The van der Waals surface area contributed by atoms with Crippen LogP contribution in [0.15, 0.2) is 0 Å². The predicted molar refractivity (Wildman–Crippen MR) is 79.3 cm³/mol. The van der Waals surface area contributed by atoms with Gasteiger partial charge in [0.25, 0.3) is 0 Å². The molecule has 3 nitrogen and oxygen atoms in total. The molecule has 20 heavy (non-hydrogen) atoms. The molecule has 2 bridgehead atoms. The van der Waals surface area contributed by atoms with Crippen LogP contribution in [0.4, 0.5) is 0 Å². The second-order valence-electron chi connectivity index (χ2n) is 8.26. The first-order valence-corrected chi connectivity index (χ1v) is 7.98. The molecule has 0 spiro atoms. The fourth-order valence-electron chi connectivity index (χ4n) is 4.71. The van der Waals surface area contributed by atoms with Crippen LogP contribution >= 0.6 is 0 Å². The van der Waals surface area contributed by atoms with Crippen LogP contribution in [0.25, 0.3) is 0 Å². The van der Waals surface area contributed by atoms with Crippen LogP contribution in [0.5, 0.6) is 0 Å². The second kappa shape index (κ2) is 4.81. The van der Waals surface area contributed by atoms with Crippen LogP contribution in [-0.4, -0.2) is 27.7 Å². The summed E-state index contributed by atoms with van der Waals surface area (Å²) in [6, 6.07) is 0. The Labute approximate surface area is 122 Å². The zero-order valence-corrected chi connectivity index (χ0v) is 13.6. The van der Waals surface area contributed by atoms with Crippen molar-refractivity contribution in [3.05, 3.63) is 0 Å². The number of carbonyl (C=O) groups is 1. The minimum absolute atomic E-state index is 0.000407. The van der Waals surface area contributed by atoms with Crippen molar-refractivity contribution in [1.82, 2.24) is 0 Å². The molecule has 2 N–H and O–H groups in total. The number of carbonyl (C=O) groups excluding carboxylic acids is 1. The molecule has 0 saturated heterocycles. The molecular formula is C17H30O3. The van der Waals surface area contributed by atoms with E-state index in [1.54, 1.807) is 0 Å². The van der Waals surface area contributed by atoms with Crippen molar-refractivity contribution in [1.29, 1.82) is 0 Å². The molecule has 0 aliphatic heterocycles. The molecule has 0 aromatic rings. The third-order valence-corrected chi connectivity index (χ3v) is 6.52. The predicted octanol–water partition coefficient (Wildman–Crippen LogP) is 2.93. The van der Waals surface area contributed by atoms with Crippen molar-refractivity contribution in [2.24, 2.45) is 22.7 Å². The monoisotopic (exact) mass is 282 g/mol. The average Bonchev–Trinajstić information content (AvgIpc) is 2.59. The van der Waals surface area contributed by atoms with Gasteiger partial charge in [-0.15, -0.1) is 0 Å². The molecule has 2 saturated carbocycles. The average molecular weight is 282 g/mol. The smallest absolute Gasteiger partial charge is 0.167 e. The lowest BCUT2D eigenvalue weighted by molar-refractivity contribution is -0.157. The van der Waals surface area contributed by atoms with Gasteiger partial charge in [0.05, 0.1) is 6.10 Å². The lowest BCUT2D eigenvalue weighted by Crippen LogP contribution is -2.53. The summed E-state index contributed by atoms with van der Waals surface area (Å²) in [6.45, 7) is 10.5. The van der Waals surface area contributed by atoms with E-state index < -0.39 is 11.7 Å². The van der Waals surface area contributed by atoms with Crippen LogP contribution in [0.2, 0.25) is 0 Å². The summed E-state index contributed by atoms with van der Waals surface area (Å²) < 4.78 is 0. The molecule has 3 heteroatoms. The highest BCUT2D eigenvalue weighted by Gasteiger charge is 2.70. The summed E-state index contributed by atoms with van der Waals surface area (Å²) in [4.78, 5) is 12.6. The normalized spacial score (nSPS) is 40.3. The number of fused-ring (bicyclic) bond motifs is 2. The summed E-state index contributed by atoms with van der Waals surface area (Å²) in [6.07, 6.45) is 2.67. The molecule has 0 radical (unpaired) electrons. The third-order valence-electron chi connectivity index (χ3n) is 6.52. The van der Waals surface area contributed by atoms with Crippen molar-refractivity contribution in [2.75, 3.05) is 0 Å². The topological polar surface area (TPSA) is 57.5 Å². The summed E-state index contributed by atoms with van der Waals surface area (Å²) in [5.74, 6) is 0.631. The Hall–Kier alpha value is -0.410. The molecule has 116 valence electrons. The number of hydrogen-bond acceptors (Lipinski definition) is 3. The molecule has 0 aromatic heterocycles. The Morgan fingerprint density at radius 3 is 2.30 bits per heavy atom. The highest BCUT2D eigenvalue weighted by molar-refractivity contribution is 5.89. The summed E-state index contributed by atoms with van der Waals surface area (Å²) in [5, 5.41) is 21.1. The minimum atomic E-state index is -1.24. The second-order valence-corrected chi connectivity index (χ2v) is 8.26. The van der Waals surface area contributed by atoms with E-state index in [9.17, 15) is 15.0 Å². The van der Waals surface area contributed by atoms with Crippen molar-refractivity contribution >= 4 is 5.78 Å². The minimum Gasteiger partial charge on any atom is -0.393 e. The number of aliphatic hydroxyl groups is 2. The number of hydrogen-bond donors (Lipinski definition) is 2. The van der Waals surface area contributed by atoms with Crippen molar-refractivity contribution in [2.45, 2.75) is 78.4 Å². The van der Waals surface area contributed by atoms with E-state index in [1.165, 1.54) is 0 Å². The zero-order chi connectivity index (χ0) is 15.3. The van der Waals surface area contributed by atoms with E-state index in [2.05, 4.69) is 20.8 Å². The van der Waals surface area contributed by atoms with Crippen molar-refractivity contribution in [3.63, 3.8) is 0 Å². The number of ketones is 1. The molecule has 0 amide bonds. The molecule has 2 aliphatic rings. The number of Topliss-reactive ketones (excluding diaryl/α,β-unsaturated/α-hetero) is 1. The van der Waals surface area contributed by atoms with Gasteiger partial charge in [0.2, 0.25) is 0 Å². The lowest BCUT2D eigenvalue weighted by Gasteiger charge is -2.44. The summed E-state index contributed by atoms with van der Waals surface area (Å²) in [7, 11) is 0. The maximum Gasteiger partial charge on any atom is 0.167 e. The van der Waals surface area contributed by atoms with Crippen molar-refractivity contribution in [3.8, 4) is 0 Å². The van der Waals surface area contributed by atoms with Gasteiger partial charge in [0, 0.05) is 11.8 Å². The zero-order valence-electron chi connectivity index (χ0n) is 13.6. The van der Waals surface area contributed by atoms with E-state index in [0.717, 1.165) is 12.8 Å². The summed E-state index contributed by atoms with van der Waals surface area (Å²) in [5.41, 5.74) is -1.59. The van der Waals surface area contributed by atoms with Gasteiger partial charge in [0.15, 0.2) is 5.78 Å².